The number of amides is 1. The Bertz CT molecular complexity index is 750. The van der Waals surface area contributed by atoms with E-state index >= 15 is 0 Å². The summed E-state index contributed by atoms with van der Waals surface area (Å²) in [6, 6.07) is 7.99. The lowest BCUT2D eigenvalue weighted by Gasteiger charge is -2.07. The van der Waals surface area contributed by atoms with Crippen molar-refractivity contribution in [2.24, 2.45) is 0 Å². The number of sulfonamides is 1. The molecule has 2 N–H and O–H groups in total. The Labute approximate surface area is 123 Å². The molecule has 0 fully saturated rings. The number of hydrogen-bond acceptors (Lipinski definition) is 4. The van der Waals surface area contributed by atoms with Crippen molar-refractivity contribution in [1.82, 2.24) is 10.0 Å². The van der Waals surface area contributed by atoms with Crippen molar-refractivity contribution in [2.75, 3.05) is 7.05 Å². The lowest BCUT2D eigenvalue weighted by atomic mass is 10.2. The Morgan fingerprint density at radius 1 is 1.29 bits per heavy atom. The molecule has 2 aromatic rings. The summed E-state index contributed by atoms with van der Waals surface area (Å²) in [4.78, 5) is 12.1. The van der Waals surface area contributed by atoms with Gasteiger partial charge in [-0.3, -0.25) is 4.79 Å². The Kier molecular flexibility index (Phi) is 4.44. The van der Waals surface area contributed by atoms with E-state index in [9.17, 15) is 13.2 Å². The molecule has 0 bridgehead atoms. The second kappa shape index (κ2) is 6.11. The van der Waals surface area contributed by atoms with Crippen LogP contribution in [0.2, 0.25) is 0 Å². The molecule has 1 amide bonds. The summed E-state index contributed by atoms with van der Waals surface area (Å²) < 4.78 is 30.7. The maximum atomic E-state index is 11.9. The van der Waals surface area contributed by atoms with E-state index in [1.807, 2.05) is 0 Å². The predicted octanol–water partition coefficient (Wildman–Crippen LogP) is 1.43. The molecule has 0 spiro atoms. The summed E-state index contributed by atoms with van der Waals surface area (Å²) >= 11 is 0. The van der Waals surface area contributed by atoms with Crippen LogP contribution in [0, 0.1) is 6.92 Å². The van der Waals surface area contributed by atoms with Crippen LogP contribution in [-0.4, -0.2) is 21.4 Å². The van der Waals surface area contributed by atoms with E-state index in [0.29, 0.717) is 16.9 Å². The first-order chi connectivity index (χ1) is 9.94. The van der Waals surface area contributed by atoms with E-state index in [-0.39, 0.29) is 17.3 Å². The van der Waals surface area contributed by atoms with E-state index in [4.69, 9.17) is 4.42 Å². The summed E-state index contributed by atoms with van der Waals surface area (Å²) in [6.07, 6.45) is 1.45. The molecule has 21 heavy (non-hydrogen) atoms. The predicted molar refractivity (Wildman–Crippen MR) is 77.3 cm³/mol. The molecule has 112 valence electrons. The smallest absolute Gasteiger partial charge is 0.255 e. The topological polar surface area (TPSA) is 88.4 Å². The fraction of sp³-hybridized carbons (Fsp3) is 0.214. The van der Waals surface area contributed by atoms with Crippen molar-refractivity contribution in [2.45, 2.75) is 18.4 Å². The minimum Gasteiger partial charge on any atom is -0.469 e. The molecule has 1 aromatic carbocycles. The summed E-state index contributed by atoms with van der Waals surface area (Å²) in [7, 11) is -2.13. The lowest BCUT2D eigenvalue weighted by Crippen LogP contribution is -2.23. The van der Waals surface area contributed by atoms with Gasteiger partial charge in [-0.1, -0.05) is 12.1 Å². The second-order valence-corrected chi connectivity index (χ2v) is 6.31. The molecule has 0 aliphatic carbocycles. The third kappa shape index (κ3) is 3.50. The summed E-state index contributed by atoms with van der Waals surface area (Å²) in [6.45, 7) is 1.94. The first kappa shape index (κ1) is 15.3. The van der Waals surface area contributed by atoms with Crippen LogP contribution in [-0.2, 0) is 16.6 Å². The first-order valence-corrected chi connectivity index (χ1v) is 7.77. The summed E-state index contributed by atoms with van der Waals surface area (Å²) in [5.74, 6) is 0.280. The zero-order chi connectivity index (χ0) is 15.5. The van der Waals surface area contributed by atoms with Gasteiger partial charge in [0, 0.05) is 6.54 Å². The monoisotopic (exact) mass is 308 g/mol. The Hall–Kier alpha value is -2.12. The number of nitrogens with one attached hydrogen (secondary N) is 2. The van der Waals surface area contributed by atoms with Gasteiger partial charge < -0.3 is 9.73 Å². The van der Waals surface area contributed by atoms with Crippen molar-refractivity contribution in [3.05, 3.63) is 53.5 Å². The van der Waals surface area contributed by atoms with Gasteiger partial charge in [0.15, 0.2) is 0 Å². The molecule has 0 unspecified atom stereocenters. The highest BCUT2D eigenvalue weighted by atomic mass is 32.2. The number of rotatable bonds is 5. The van der Waals surface area contributed by atoms with Crippen LogP contribution in [0.15, 0.2) is 45.9 Å². The normalized spacial score (nSPS) is 11.3. The van der Waals surface area contributed by atoms with Gasteiger partial charge in [0.1, 0.15) is 5.76 Å². The molecule has 0 atom stereocenters. The quantitative estimate of drug-likeness (QED) is 0.874. The van der Waals surface area contributed by atoms with Gasteiger partial charge in [-0.25, -0.2) is 13.1 Å². The van der Waals surface area contributed by atoms with Crippen molar-refractivity contribution in [3.63, 3.8) is 0 Å². The molecule has 7 heteroatoms. The van der Waals surface area contributed by atoms with Crippen LogP contribution in [0.4, 0.5) is 0 Å². The molecule has 6 nitrogen and oxygen atoms in total. The minimum atomic E-state index is -3.49. The van der Waals surface area contributed by atoms with Crippen molar-refractivity contribution < 1.29 is 17.6 Å². The maximum Gasteiger partial charge on any atom is 0.255 e. The fourth-order valence-electron chi connectivity index (χ4n) is 1.84. The Morgan fingerprint density at radius 2 is 2.05 bits per heavy atom. The van der Waals surface area contributed by atoms with E-state index in [1.165, 1.54) is 25.4 Å². The van der Waals surface area contributed by atoms with Gasteiger partial charge in [-0.05, 0) is 37.7 Å². The van der Waals surface area contributed by atoms with Crippen LogP contribution in [0.25, 0.3) is 0 Å². The molecule has 1 heterocycles. The van der Waals surface area contributed by atoms with Crippen LogP contribution in [0.1, 0.15) is 21.7 Å². The highest BCUT2D eigenvalue weighted by molar-refractivity contribution is 7.89. The maximum absolute atomic E-state index is 11.9. The number of furan rings is 1. The molecular formula is C14H16N2O4S. The molecular weight excluding hydrogens is 292 g/mol. The zero-order valence-corrected chi connectivity index (χ0v) is 12.5. The van der Waals surface area contributed by atoms with Gasteiger partial charge in [-0.2, -0.15) is 0 Å². The zero-order valence-electron chi connectivity index (χ0n) is 11.7. The average molecular weight is 308 g/mol. The minimum absolute atomic E-state index is 0.163. The van der Waals surface area contributed by atoms with Crippen LogP contribution >= 0.6 is 0 Å². The highest BCUT2D eigenvalue weighted by Crippen LogP contribution is 2.12. The number of carbonyl (C=O) groups is 1. The van der Waals surface area contributed by atoms with E-state index < -0.39 is 10.0 Å². The van der Waals surface area contributed by atoms with Crippen LogP contribution < -0.4 is 10.0 Å². The number of carbonyl (C=O) groups excluding carboxylic acids is 1. The van der Waals surface area contributed by atoms with Crippen LogP contribution in [0.5, 0.6) is 0 Å². The van der Waals surface area contributed by atoms with Crippen molar-refractivity contribution in [1.29, 1.82) is 0 Å². The van der Waals surface area contributed by atoms with Crippen molar-refractivity contribution in [3.8, 4) is 0 Å². The second-order valence-electron chi connectivity index (χ2n) is 4.43. The number of aryl methyl sites for hydroxylation is 1. The first-order valence-electron chi connectivity index (χ1n) is 6.29. The Balaban J connectivity index is 2.09. The third-order valence-electron chi connectivity index (χ3n) is 3.03. The average Bonchev–Trinajstić information content (AvgIpc) is 2.91. The molecule has 1 aromatic heterocycles. The van der Waals surface area contributed by atoms with Crippen LogP contribution in [0.3, 0.4) is 0 Å². The van der Waals surface area contributed by atoms with Gasteiger partial charge in [0.25, 0.3) is 5.91 Å². The summed E-state index contributed by atoms with van der Waals surface area (Å²) in [5, 5.41) is 2.72. The molecule has 0 aliphatic rings. The molecule has 2 rings (SSSR count). The molecule has 0 radical (unpaired) electrons. The van der Waals surface area contributed by atoms with Gasteiger partial charge in [-0.15, -0.1) is 0 Å². The largest absolute Gasteiger partial charge is 0.469 e. The Morgan fingerprint density at radius 3 is 2.67 bits per heavy atom. The SMILES string of the molecule is CNS(=O)(=O)c1cccc(CNC(=O)c2ccoc2C)c1. The lowest BCUT2D eigenvalue weighted by molar-refractivity contribution is 0.0949. The van der Waals surface area contributed by atoms with E-state index in [0.717, 1.165) is 0 Å². The molecule has 0 saturated heterocycles. The van der Waals surface area contributed by atoms with Gasteiger partial charge >= 0.3 is 0 Å². The summed E-state index contributed by atoms with van der Waals surface area (Å²) in [5.41, 5.74) is 1.16. The van der Waals surface area contributed by atoms with Crippen molar-refractivity contribution >= 4 is 15.9 Å². The molecule has 0 aliphatic heterocycles. The van der Waals surface area contributed by atoms with E-state index in [1.54, 1.807) is 25.1 Å². The standard InChI is InChI=1S/C14H16N2O4S/c1-10-13(6-7-20-10)14(17)16-9-11-4-3-5-12(8-11)21(18,19)15-2/h3-8,15H,9H2,1-2H3,(H,16,17). The third-order valence-corrected chi connectivity index (χ3v) is 4.45. The van der Waals surface area contributed by atoms with Gasteiger partial charge in [0.2, 0.25) is 10.0 Å². The fourth-order valence-corrected chi connectivity index (χ4v) is 2.64. The number of hydrogen-bond donors (Lipinski definition) is 2. The highest BCUT2D eigenvalue weighted by Gasteiger charge is 2.13. The molecule has 0 saturated carbocycles. The van der Waals surface area contributed by atoms with Gasteiger partial charge in [0.05, 0.1) is 16.7 Å². The number of benzene rings is 1. The van der Waals surface area contributed by atoms with E-state index in [2.05, 4.69) is 10.0 Å².